The smallest absolute Gasteiger partial charge is 0.414 e. The third kappa shape index (κ3) is 3.96. The average Bonchev–Trinajstić information content (AvgIpc) is 3.64. The molecule has 3 heterocycles. The van der Waals surface area contributed by atoms with Crippen LogP contribution in [-0.4, -0.2) is 60.2 Å². The highest BCUT2D eigenvalue weighted by molar-refractivity contribution is 5.98. The number of ether oxygens (including phenoxy) is 1. The van der Waals surface area contributed by atoms with Gasteiger partial charge in [-0.3, -0.25) is 9.69 Å². The number of benzene rings is 1. The topological polar surface area (TPSA) is 89.8 Å². The Balaban J connectivity index is 1.29. The average molecular weight is 460 g/mol. The molecule has 0 bridgehead atoms. The highest BCUT2D eigenvalue weighted by Crippen LogP contribution is 2.40. The SMILES string of the molecule is Cc1cc(C2CC2)cnc1N1CCN(C(=O)c2ccc(N3C(=O)OCC3(C)C)cc2C#N)CC1. The van der Waals surface area contributed by atoms with Gasteiger partial charge in [0, 0.05) is 38.1 Å². The minimum absolute atomic E-state index is 0.167. The fraction of sp³-hybridized carbons (Fsp3) is 0.462. The number of piperazine rings is 1. The maximum atomic E-state index is 13.3. The van der Waals surface area contributed by atoms with Crippen LogP contribution >= 0.6 is 0 Å². The number of aryl methyl sites for hydroxylation is 1. The van der Waals surface area contributed by atoms with Crippen molar-refractivity contribution in [1.29, 1.82) is 5.26 Å². The van der Waals surface area contributed by atoms with Gasteiger partial charge in [-0.2, -0.15) is 5.26 Å². The van der Waals surface area contributed by atoms with Crippen LogP contribution in [0.5, 0.6) is 0 Å². The van der Waals surface area contributed by atoms with Crippen LogP contribution in [0.3, 0.4) is 0 Å². The van der Waals surface area contributed by atoms with Gasteiger partial charge in [-0.25, -0.2) is 9.78 Å². The molecule has 0 N–H and O–H groups in total. The third-order valence-corrected chi connectivity index (χ3v) is 6.94. The molecular formula is C26H29N5O3. The largest absolute Gasteiger partial charge is 0.447 e. The lowest BCUT2D eigenvalue weighted by Crippen LogP contribution is -2.49. The van der Waals surface area contributed by atoms with Gasteiger partial charge in [-0.15, -0.1) is 0 Å². The minimum Gasteiger partial charge on any atom is -0.447 e. The van der Waals surface area contributed by atoms with Crippen LogP contribution in [0, 0.1) is 18.3 Å². The molecule has 2 aliphatic heterocycles. The highest BCUT2D eigenvalue weighted by Gasteiger charge is 2.41. The molecule has 2 saturated heterocycles. The van der Waals surface area contributed by atoms with E-state index in [9.17, 15) is 14.9 Å². The Morgan fingerprint density at radius 3 is 2.50 bits per heavy atom. The van der Waals surface area contributed by atoms with Gasteiger partial charge >= 0.3 is 6.09 Å². The molecule has 1 saturated carbocycles. The number of nitrogens with zero attached hydrogens (tertiary/aromatic N) is 5. The number of hydrogen-bond acceptors (Lipinski definition) is 6. The molecule has 1 aliphatic carbocycles. The summed E-state index contributed by atoms with van der Waals surface area (Å²) >= 11 is 0. The molecule has 0 unspecified atom stereocenters. The Kier molecular flexibility index (Phi) is 5.43. The maximum absolute atomic E-state index is 13.3. The summed E-state index contributed by atoms with van der Waals surface area (Å²) in [5.74, 6) is 1.50. The van der Waals surface area contributed by atoms with Gasteiger partial charge in [0.2, 0.25) is 0 Å². The van der Waals surface area contributed by atoms with Crippen molar-refractivity contribution in [1.82, 2.24) is 9.88 Å². The summed E-state index contributed by atoms with van der Waals surface area (Å²) in [6, 6.07) is 9.35. The molecule has 0 spiro atoms. The lowest BCUT2D eigenvalue weighted by Gasteiger charge is -2.36. The monoisotopic (exact) mass is 459 g/mol. The van der Waals surface area contributed by atoms with Crippen LogP contribution in [-0.2, 0) is 4.74 Å². The number of cyclic esters (lactones) is 1. The van der Waals surface area contributed by atoms with Gasteiger partial charge in [0.05, 0.1) is 16.7 Å². The van der Waals surface area contributed by atoms with E-state index < -0.39 is 11.6 Å². The number of carbonyl (C=O) groups excluding carboxylic acids is 2. The van der Waals surface area contributed by atoms with Crippen LogP contribution < -0.4 is 9.80 Å². The van der Waals surface area contributed by atoms with E-state index in [1.165, 1.54) is 28.9 Å². The summed E-state index contributed by atoms with van der Waals surface area (Å²) in [4.78, 5) is 35.8. The first kappa shape index (κ1) is 22.2. The van der Waals surface area contributed by atoms with Crippen LogP contribution in [0.2, 0.25) is 0 Å². The molecule has 0 atom stereocenters. The molecule has 3 fully saturated rings. The number of amides is 2. The molecule has 34 heavy (non-hydrogen) atoms. The van der Waals surface area contributed by atoms with Crippen LogP contribution in [0.15, 0.2) is 30.5 Å². The van der Waals surface area contributed by atoms with E-state index in [-0.39, 0.29) is 18.1 Å². The standard InChI is InChI=1S/C26H29N5O3/c1-17-12-20(18-4-5-18)15-28-23(17)29-8-10-30(11-9-29)24(32)22-7-6-21(13-19(22)14-27)31-25(33)34-16-26(31,2)3/h6-7,12-13,15,18H,4-5,8-11,16H2,1-3H3. The molecule has 0 radical (unpaired) electrons. The summed E-state index contributed by atoms with van der Waals surface area (Å²) in [6.07, 6.45) is 4.06. The van der Waals surface area contributed by atoms with Gasteiger partial charge in [0.25, 0.3) is 5.91 Å². The molecule has 8 nitrogen and oxygen atoms in total. The summed E-state index contributed by atoms with van der Waals surface area (Å²) in [6.45, 7) is 8.68. The molecule has 2 amide bonds. The van der Waals surface area contributed by atoms with E-state index in [0.29, 0.717) is 43.3 Å². The minimum atomic E-state index is -0.519. The second-order valence-electron chi connectivity index (χ2n) is 10.0. The molecule has 8 heteroatoms. The number of nitriles is 1. The quantitative estimate of drug-likeness (QED) is 0.690. The summed E-state index contributed by atoms with van der Waals surface area (Å²) in [5.41, 5.74) is 3.15. The van der Waals surface area contributed by atoms with Gasteiger partial charge < -0.3 is 14.5 Å². The van der Waals surface area contributed by atoms with Crippen molar-refractivity contribution in [3.05, 3.63) is 52.7 Å². The van der Waals surface area contributed by atoms with E-state index in [0.717, 1.165) is 5.82 Å². The lowest BCUT2D eigenvalue weighted by molar-refractivity contribution is 0.0746. The number of hydrogen-bond donors (Lipinski definition) is 0. The van der Waals surface area contributed by atoms with Crippen molar-refractivity contribution >= 4 is 23.5 Å². The van der Waals surface area contributed by atoms with E-state index in [1.807, 2.05) is 20.0 Å². The predicted molar refractivity (Wildman–Crippen MR) is 128 cm³/mol. The van der Waals surface area contributed by atoms with Gasteiger partial charge in [-0.1, -0.05) is 6.07 Å². The fourth-order valence-electron chi connectivity index (χ4n) is 4.87. The molecule has 1 aromatic heterocycles. The maximum Gasteiger partial charge on any atom is 0.414 e. The predicted octanol–water partition coefficient (Wildman–Crippen LogP) is 3.84. The van der Waals surface area contributed by atoms with E-state index in [4.69, 9.17) is 9.72 Å². The number of rotatable bonds is 4. The van der Waals surface area contributed by atoms with E-state index in [1.54, 1.807) is 23.1 Å². The first-order valence-corrected chi connectivity index (χ1v) is 11.8. The van der Waals surface area contributed by atoms with Gasteiger partial charge in [0.1, 0.15) is 18.5 Å². The van der Waals surface area contributed by atoms with E-state index in [2.05, 4.69) is 24.0 Å². The molecule has 176 valence electrons. The Labute approximate surface area is 199 Å². The first-order chi connectivity index (χ1) is 16.3. The summed E-state index contributed by atoms with van der Waals surface area (Å²) in [7, 11) is 0. The van der Waals surface area contributed by atoms with Gasteiger partial charge in [-0.05, 0) is 68.9 Å². The second kappa shape index (κ2) is 8.32. The van der Waals surface area contributed by atoms with Crippen molar-refractivity contribution in [3.8, 4) is 6.07 Å². The molecule has 5 rings (SSSR count). The van der Waals surface area contributed by atoms with Crippen LogP contribution in [0.1, 0.15) is 59.7 Å². The molecular weight excluding hydrogens is 430 g/mol. The molecule has 2 aromatic rings. The number of pyridine rings is 1. The molecule has 1 aromatic carbocycles. The highest BCUT2D eigenvalue weighted by atomic mass is 16.6. The van der Waals surface area contributed by atoms with Crippen molar-refractivity contribution in [3.63, 3.8) is 0 Å². The zero-order chi connectivity index (χ0) is 24.0. The lowest BCUT2D eigenvalue weighted by atomic mass is 10.0. The summed E-state index contributed by atoms with van der Waals surface area (Å²) in [5, 5.41) is 9.74. The zero-order valence-corrected chi connectivity index (χ0v) is 19.9. The summed E-state index contributed by atoms with van der Waals surface area (Å²) < 4.78 is 5.18. The first-order valence-electron chi connectivity index (χ1n) is 11.8. The number of anilines is 2. The van der Waals surface area contributed by atoms with Crippen molar-refractivity contribution in [2.45, 2.75) is 45.1 Å². The van der Waals surface area contributed by atoms with Crippen LogP contribution in [0.25, 0.3) is 0 Å². The zero-order valence-electron chi connectivity index (χ0n) is 19.9. The Hall–Kier alpha value is -3.60. The van der Waals surface area contributed by atoms with Crippen molar-refractivity contribution in [2.24, 2.45) is 0 Å². The van der Waals surface area contributed by atoms with E-state index >= 15 is 0 Å². The third-order valence-electron chi connectivity index (χ3n) is 6.94. The van der Waals surface area contributed by atoms with Gasteiger partial charge in [0.15, 0.2) is 0 Å². The van der Waals surface area contributed by atoms with Crippen molar-refractivity contribution in [2.75, 3.05) is 42.6 Å². The second-order valence-corrected chi connectivity index (χ2v) is 10.0. The normalized spacial score (nSPS) is 19.7. The Bertz CT molecular complexity index is 1190. The fourth-order valence-corrected chi connectivity index (χ4v) is 4.87. The number of carbonyl (C=O) groups is 2. The van der Waals surface area contributed by atoms with Crippen molar-refractivity contribution < 1.29 is 14.3 Å². The Morgan fingerprint density at radius 2 is 1.91 bits per heavy atom. The molecule has 3 aliphatic rings. The van der Waals surface area contributed by atoms with Crippen LogP contribution in [0.4, 0.5) is 16.3 Å². The Morgan fingerprint density at radius 1 is 1.18 bits per heavy atom. The number of aromatic nitrogens is 1.